The molecule has 138 valence electrons. The summed E-state index contributed by atoms with van der Waals surface area (Å²) < 4.78 is 0. The fourth-order valence-electron chi connectivity index (χ4n) is 2.43. The van der Waals surface area contributed by atoms with Crippen LogP contribution in [0.25, 0.3) is 0 Å². The summed E-state index contributed by atoms with van der Waals surface area (Å²) in [6, 6.07) is -0.0674. The lowest BCUT2D eigenvalue weighted by molar-refractivity contribution is 0.0947. The summed E-state index contributed by atoms with van der Waals surface area (Å²) in [5.74, 6) is -0.0885. The minimum atomic E-state index is -0.0885. The molecule has 3 N–H and O–H groups in total. The van der Waals surface area contributed by atoms with Crippen LogP contribution in [0.3, 0.4) is 0 Å². The fourth-order valence-corrected chi connectivity index (χ4v) is 3.32. The smallest absolute Gasteiger partial charge is 0.270 e. The van der Waals surface area contributed by atoms with Crippen molar-refractivity contribution in [3.63, 3.8) is 0 Å². The summed E-state index contributed by atoms with van der Waals surface area (Å²) in [6.45, 7) is 10.5. The standard InChI is InChI=1S/C18H34N4OS/c1-4-7-11-22(12-8-5-2)13-9-10-20-17(23)16-14-24-18(21-16)15(19)6-3/h14-15H,4-13,19H2,1-3H3,(H,20,23). The third kappa shape index (κ3) is 7.73. The van der Waals surface area contributed by atoms with Gasteiger partial charge in [-0.3, -0.25) is 4.79 Å². The van der Waals surface area contributed by atoms with Crippen molar-refractivity contribution in [2.24, 2.45) is 5.73 Å². The van der Waals surface area contributed by atoms with Gasteiger partial charge in [0.05, 0.1) is 6.04 Å². The van der Waals surface area contributed by atoms with Crippen LogP contribution in [-0.2, 0) is 0 Å². The topological polar surface area (TPSA) is 71.2 Å². The first-order valence-electron chi connectivity index (χ1n) is 9.33. The van der Waals surface area contributed by atoms with Gasteiger partial charge in [0.15, 0.2) is 0 Å². The molecule has 24 heavy (non-hydrogen) atoms. The highest BCUT2D eigenvalue weighted by Crippen LogP contribution is 2.18. The number of carbonyl (C=O) groups is 1. The van der Waals surface area contributed by atoms with Crippen LogP contribution in [0.1, 0.15) is 80.8 Å². The van der Waals surface area contributed by atoms with Crippen molar-refractivity contribution < 1.29 is 4.79 Å². The highest BCUT2D eigenvalue weighted by Gasteiger charge is 2.13. The second-order valence-corrected chi connectivity index (χ2v) is 7.13. The molecule has 0 aliphatic heterocycles. The molecule has 0 radical (unpaired) electrons. The zero-order chi connectivity index (χ0) is 17.8. The number of rotatable bonds is 13. The van der Waals surface area contributed by atoms with Crippen molar-refractivity contribution >= 4 is 17.2 Å². The Labute approximate surface area is 151 Å². The average molecular weight is 355 g/mol. The number of nitrogens with one attached hydrogen (secondary N) is 1. The van der Waals surface area contributed by atoms with Gasteiger partial charge in [0, 0.05) is 11.9 Å². The Kier molecular flexibility index (Phi) is 10.9. The molecule has 1 unspecified atom stereocenters. The van der Waals surface area contributed by atoms with Gasteiger partial charge in [-0.05, 0) is 45.3 Å². The lowest BCUT2D eigenvalue weighted by atomic mass is 10.2. The molecule has 1 aromatic heterocycles. The number of hydrogen-bond donors (Lipinski definition) is 2. The summed E-state index contributed by atoms with van der Waals surface area (Å²) in [6.07, 6.45) is 6.76. The molecule has 0 aliphatic rings. The zero-order valence-corrected chi connectivity index (χ0v) is 16.3. The van der Waals surface area contributed by atoms with E-state index in [9.17, 15) is 4.79 Å². The van der Waals surface area contributed by atoms with Gasteiger partial charge in [-0.1, -0.05) is 33.6 Å². The molecule has 1 heterocycles. The van der Waals surface area contributed by atoms with E-state index in [1.165, 1.54) is 37.0 Å². The molecule has 0 fully saturated rings. The van der Waals surface area contributed by atoms with E-state index in [1.807, 2.05) is 6.92 Å². The van der Waals surface area contributed by atoms with Crippen LogP contribution >= 0.6 is 11.3 Å². The van der Waals surface area contributed by atoms with E-state index in [4.69, 9.17) is 5.73 Å². The monoisotopic (exact) mass is 354 g/mol. The lowest BCUT2D eigenvalue weighted by Crippen LogP contribution is -2.31. The maximum atomic E-state index is 12.1. The van der Waals surface area contributed by atoms with E-state index in [0.29, 0.717) is 12.2 Å². The van der Waals surface area contributed by atoms with E-state index in [1.54, 1.807) is 5.38 Å². The largest absolute Gasteiger partial charge is 0.351 e. The molecule has 1 aromatic rings. The number of aromatic nitrogens is 1. The van der Waals surface area contributed by atoms with Gasteiger partial charge in [-0.25, -0.2) is 4.98 Å². The Morgan fingerprint density at radius 2 is 1.83 bits per heavy atom. The Morgan fingerprint density at radius 1 is 1.21 bits per heavy atom. The minimum Gasteiger partial charge on any atom is -0.351 e. The van der Waals surface area contributed by atoms with Gasteiger partial charge < -0.3 is 16.0 Å². The molecule has 0 saturated heterocycles. The summed E-state index contributed by atoms with van der Waals surface area (Å²) >= 11 is 1.47. The van der Waals surface area contributed by atoms with E-state index in [0.717, 1.165) is 37.5 Å². The first kappa shape index (κ1) is 21.1. The SMILES string of the molecule is CCCCN(CCCC)CCCNC(=O)c1csc(C(N)CC)n1. The van der Waals surface area contributed by atoms with Crippen LogP contribution in [-0.4, -0.2) is 42.0 Å². The van der Waals surface area contributed by atoms with E-state index in [2.05, 4.69) is 29.0 Å². The first-order valence-corrected chi connectivity index (χ1v) is 10.2. The van der Waals surface area contributed by atoms with E-state index in [-0.39, 0.29) is 11.9 Å². The lowest BCUT2D eigenvalue weighted by Gasteiger charge is -2.21. The molecule has 0 saturated carbocycles. The van der Waals surface area contributed by atoms with Gasteiger partial charge >= 0.3 is 0 Å². The molecule has 5 nitrogen and oxygen atoms in total. The van der Waals surface area contributed by atoms with Crippen LogP contribution in [0, 0.1) is 0 Å². The van der Waals surface area contributed by atoms with Gasteiger partial charge in [0.25, 0.3) is 5.91 Å². The van der Waals surface area contributed by atoms with Crippen molar-refractivity contribution in [1.29, 1.82) is 0 Å². The number of nitrogens with zero attached hydrogens (tertiary/aromatic N) is 2. The molecule has 1 amide bonds. The summed E-state index contributed by atoms with van der Waals surface area (Å²) in [5, 5.41) is 5.62. The molecule has 0 aromatic carbocycles. The molecule has 1 rings (SSSR count). The Morgan fingerprint density at radius 3 is 2.42 bits per heavy atom. The molecule has 0 bridgehead atoms. The predicted molar refractivity (Wildman–Crippen MR) is 103 cm³/mol. The second-order valence-electron chi connectivity index (χ2n) is 6.24. The van der Waals surface area contributed by atoms with Crippen molar-refractivity contribution in [3.8, 4) is 0 Å². The van der Waals surface area contributed by atoms with Crippen molar-refractivity contribution in [3.05, 3.63) is 16.1 Å². The molecule has 1 atom stereocenters. The van der Waals surface area contributed by atoms with Crippen LogP contribution in [0.5, 0.6) is 0 Å². The Balaban J connectivity index is 2.31. The van der Waals surface area contributed by atoms with Crippen molar-refractivity contribution in [1.82, 2.24) is 15.2 Å². The van der Waals surface area contributed by atoms with Gasteiger partial charge in [-0.15, -0.1) is 11.3 Å². The molecule has 0 aliphatic carbocycles. The summed E-state index contributed by atoms with van der Waals surface area (Å²) in [4.78, 5) is 19.0. The number of thiazole rings is 1. The second kappa shape index (κ2) is 12.4. The molecule has 0 spiro atoms. The van der Waals surface area contributed by atoms with Crippen LogP contribution in [0.15, 0.2) is 5.38 Å². The highest BCUT2D eigenvalue weighted by molar-refractivity contribution is 7.09. The van der Waals surface area contributed by atoms with Crippen LogP contribution < -0.4 is 11.1 Å². The molecular formula is C18H34N4OS. The maximum absolute atomic E-state index is 12.1. The Bertz CT molecular complexity index is 456. The number of nitrogens with two attached hydrogens (primary N) is 1. The number of hydrogen-bond acceptors (Lipinski definition) is 5. The van der Waals surface area contributed by atoms with Gasteiger partial charge in [0.1, 0.15) is 10.7 Å². The third-order valence-electron chi connectivity index (χ3n) is 4.10. The highest BCUT2D eigenvalue weighted by atomic mass is 32.1. The van der Waals surface area contributed by atoms with Crippen LogP contribution in [0.4, 0.5) is 0 Å². The maximum Gasteiger partial charge on any atom is 0.270 e. The van der Waals surface area contributed by atoms with E-state index >= 15 is 0 Å². The van der Waals surface area contributed by atoms with Crippen molar-refractivity contribution in [2.45, 2.75) is 65.3 Å². The minimum absolute atomic E-state index is 0.0674. The molecular weight excluding hydrogens is 320 g/mol. The number of unbranched alkanes of at least 4 members (excludes halogenated alkanes) is 2. The Hall–Kier alpha value is -0.980. The summed E-state index contributed by atoms with van der Waals surface area (Å²) in [5.41, 5.74) is 6.45. The van der Waals surface area contributed by atoms with Gasteiger partial charge in [-0.2, -0.15) is 0 Å². The van der Waals surface area contributed by atoms with Gasteiger partial charge in [0.2, 0.25) is 0 Å². The normalized spacial score (nSPS) is 12.5. The van der Waals surface area contributed by atoms with Crippen molar-refractivity contribution in [2.75, 3.05) is 26.2 Å². The third-order valence-corrected chi connectivity index (χ3v) is 5.08. The number of carbonyl (C=O) groups excluding carboxylic acids is 1. The number of amides is 1. The quantitative estimate of drug-likeness (QED) is 0.531. The first-order chi connectivity index (χ1) is 11.6. The van der Waals surface area contributed by atoms with E-state index < -0.39 is 0 Å². The van der Waals surface area contributed by atoms with Crippen LogP contribution in [0.2, 0.25) is 0 Å². The molecule has 6 heteroatoms. The zero-order valence-electron chi connectivity index (χ0n) is 15.5. The predicted octanol–water partition coefficient (Wildman–Crippen LogP) is 3.58. The summed E-state index contributed by atoms with van der Waals surface area (Å²) in [7, 11) is 0. The fraction of sp³-hybridized carbons (Fsp3) is 0.778. The average Bonchev–Trinajstić information content (AvgIpc) is 3.09.